The van der Waals surface area contributed by atoms with Gasteiger partial charge < -0.3 is 4.74 Å². The minimum absolute atomic E-state index is 0.347. The highest BCUT2D eigenvalue weighted by atomic mass is 28.3. The normalized spacial score (nSPS) is 31.7. The Labute approximate surface area is 85.4 Å². The van der Waals surface area contributed by atoms with Crippen LogP contribution in [-0.2, 0) is 4.74 Å². The van der Waals surface area contributed by atoms with Crippen LogP contribution in [0.1, 0.15) is 19.3 Å². The smallest absolute Gasteiger partial charge is 0.0906 e. The zero-order valence-corrected chi connectivity index (χ0v) is 11.5. The van der Waals surface area contributed by atoms with Gasteiger partial charge in [-0.1, -0.05) is 19.6 Å². The van der Waals surface area contributed by atoms with Gasteiger partial charge in [0.15, 0.2) is 0 Å². The van der Waals surface area contributed by atoms with E-state index in [9.17, 15) is 0 Å². The largest absolute Gasteiger partial charge is 0.382 e. The van der Waals surface area contributed by atoms with E-state index in [-0.39, 0.29) is 0 Å². The molecular weight excluding hydrogens is 192 g/mol. The molecule has 3 heteroatoms. The Morgan fingerprint density at radius 2 is 2.00 bits per heavy atom. The predicted molar refractivity (Wildman–Crippen MR) is 64.6 cm³/mol. The number of rotatable bonds is 3. The minimum atomic E-state index is -0.853. The Kier molecular flexibility index (Phi) is 3.94. The Hall–Kier alpha value is 0.134. The zero-order chi connectivity index (χ0) is 9.90. The molecule has 0 aromatic carbocycles. The van der Waals surface area contributed by atoms with Crippen molar-refractivity contribution in [1.29, 1.82) is 0 Å². The summed E-state index contributed by atoms with van der Waals surface area (Å²) in [5.41, 5.74) is 2.21. The average molecular weight is 214 g/mol. The van der Waals surface area contributed by atoms with Crippen molar-refractivity contribution in [1.82, 2.24) is 0 Å². The van der Waals surface area contributed by atoms with Crippen molar-refractivity contribution in [2.45, 2.75) is 43.8 Å². The maximum absolute atomic E-state index is 6.13. The van der Waals surface area contributed by atoms with E-state index in [1.54, 1.807) is 0 Å². The van der Waals surface area contributed by atoms with E-state index in [4.69, 9.17) is 4.74 Å². The molecule has 2 unspecified atom stereocenters. The molecule has 0 amide bonds. The monoisotopic (exact) mass is 214 g/mol. The van der Waals surface area contributed by atoms with Gasteiger partial charge in [-0.2, -0.15) is 0 Å². The maximum Gasteiger partial charge on any atom is 0.0906 e. The van der Waals surface area contributed by atoms with Gasteiger partial charge in [0.2, 0.25) is 0 Å². The molecule has 0 aliphatic carbocycles. The van der Waals surface area contributed by atoms with E-state index in [0.29, 0.717) is 4.85 Å². The Balaban J connectivity index is 2.78. The summed E-state index contributed by atoms with van der Waals surface area (Å²) in [7, 11) is -1.55. The number of ether oxygens (including phenoxy) is 1. The van der Waals surface area contributed by atoms with Gasteiger partial charge in [0, 0.05) is 11.5 Å². The molecule has 0 aromatic rings. The molecule has 1 rings (SSSR count). The average Bonchev–Trinajstić information content (AvgIpc) is 2.17. The van der Waals surface area contributed by atoms with Crippen LogP contribution in [0.15, 0.2) is 12.3 Å². The summed E-state index contributed by atoms with van der Waals surface area (Å²) in [6.45, 7) is 12.2. The molecule has 0 N–H and O–H groups in total. The summed E-state index contributed by atoms with van der Waals surface area (Å²) in [6, 6.07) is 0. The summed E-state index contributed by atoms with van der Waals surface area (Å²) in [4.78, 5) is 0.347. The van der Waals surface area contributed by atoms with Crippen molar-refractivity contribution >= 4 is 17.6 Å². The van der Waals surface area contributed by atoms with Gasteiger partial charge in [-0.3, -0.25) is 0 Å². The van der Waals surface area contributed by atoms with Crippen LogP contribution in [-0.4, -0.2) is 29.0 Å². The van der Waals surface area contributed by atoms with Crippen molar-refractivity contribution in [3.05, 3.63) is 12.3 Å². The maximum atomic E-state index is 6.13. The fourth-order valence-corrected chi connectivity index (χ4v) is 9.66. The predicted octanol–water partition coefficient (Wildman–Crippen LogP) is 2.07. The third-order valence-electron chi connectivity index (χ3n) is 3.43. The van der Waals surface area contributed by atoms with E-state index in [2.05, 4.69) is 31.9 Å². The molecular formula is C10H22OSi2. The lowest BCUT2D eigenvalue weighted by molar-refractivity contribution is 0.0294. The molecule has 1 fully saturated rings. The molecule has 0 saturated carbocycles. The third-order valence-corrected chi connectivity index (χ3v) is 12.1. The van der Waals surface area contributed by atoms with Gasteiger partial charge in [-0.25, -0.2) is 0 Å². The first-order valence-corrected chi connectivity index (χ1v) is 10.7. The van der Waals surface area contributed by atoms with Crippen molar-refractivity contribution in [3.63, 3.8) is 0 Å². The second-order valence-electron chi connectivity index (χ2n) is 4.44. The SMILES string of the molecule is C=C[SiH](C)C1([SiH](C)C)CCCCO1. The highest BCUT2D eigenvalue weighted by Gasteiger charge is 2.41. The standard InChI is InChI=1S/C10H22OSi2/c1-5-13(4)10(12(2)3)8-6-7-9-11-10/h5,12-13H,1,6-9H2,2-4H3. The van der Waals surface area contributed by atoms with Gasteiger partial charge in [0.25, 0.3) is 0 Å². The Bertz CT molecular complexity index is 174. The molecule has 1 aliphatic rings. The first kappa shape index (κ1) is 11.2. The molecule has 0 bridgehead atoms. The highest BCUT2D eigenvalue weighted by Crippen LogP contribution is 2.30. The molecule has 1 nitrogen and oxygen atoms in total. The molecule has 1 heterocycles. The quantitative estimate of drug-likeness (QED) is 0.654. The molecule has 0 radical (unpaired) electrons. The summed E-state index contributed by atoms with van der Waals surface area (Å²) in [5, 5.41) is 0. The highest BCUT2D eigenvalue weighted by molar-refractivity contribution is 6.83. The van der Waals surface area contributed by atoms with Gasteiger partial charge in [0.05, 0.1) is 17.6 Å². The topological polar surface area (TPSA) is 9.23 Å². The lowest BCUT2D eigenvalue weighted by Crippen LogP contribution is -2.57. The second-order valence-corrected chi connectivity index (χ2v) is 11.4. The van der Waals surface area contributed by atoms with E-state index >= 15 is 0 Å². The molecule has 1 saturated heterocycles. The van der Waals surface area contributed by atoms with E-state index in [1.165, 1.54) is 19.3 Å². The van der Waals surface area contributed by atoms with Crippen LogP contribution in [0.4, 0.5) is 0 Å². The van der Waals surface area contributed by atoms with E-state index in [0.717, 1.165) is 6.61 Å². The lowest BCUT2D eigenvalue weighted by Gasteiger charge is -2.43. The van der Waals surface area contributed by atoms with Crippen LogP contribution in [0.3, 0.4) is 0 Å². The third kappa shape index (κ3) is 2.14. The lowest BCUT2D eigenvalue weighted by atomic mass is 10.2. The van der Waals surface area contributed by atoms with Crippen LogP contribution < -0.4 is 0 Å². The van der Waals surface area contributed by atoms with Crippen LogP contribution in [0, 0.1) is 0 Å². The molecule has 1 aliphatic heterocycles. The molecule has 2 atom stereocenters. The summed E-state index contributed by atoms with van der Waals surface area (Å²) >= 11 is 0. The summed E-state index contributed by atoms with van der Waals surface area (Å²) < 4.78 is 6.13. The second kappa shape index (κ2) is 4.57. The van der Waals surface area contributed by atoms with Crippen molar-refractivity contribution in [3.8, 4) is 0 Å². The Morgan fingerprint density at radius 3 is 2.38 bits per heavy atom. The molecule has 0 aromatic heterocycles. The zero-order valence-electron chi connectivity index (χ0n) is 9.18. The van der Waals surface area contributed by atoms with Crippen LogP contribution in [0.5, 0.6) is 0 Å². The number of hydrogen-bond acceptors (Lipinski definition) is 1. The van der Waals surface area contributed by atoms with Gasteiger partial charge in [-0.15, -0.1) is 12.3 Å². The van der Waals surface area contributed by atoms with Crippen molar-refractivity contribution in [2.75, 3.05) is 6.61 Å². The van der Waals surface area contributed by atoms with Crippen LogP contribution >= 0.6 is 0 Å². The fraction of sp³-hybridized carbons (Fsp3) is 0.800. The van der Waals surface area contributed by atoms with Crippen LogP contribution in [0.25, 0.3) is 0 Å². The molecule has 76 valence electrons. The van der Waals surface area contributed by atoms with E-state index < -0.39 is 17.6 Å². The summed E-state index contributed by atoms with van der Waals surface area (Å²) in [5.74, 6) is 0. The number of hydrogen-bond donors (Lipinski definition) is 0. The fourth-order valence-electron chi connectivity index (χ4n) is 2.38. The molecule has 0 spiro atoms. The van der Waals surface area contributed by atoms with E-state index in [1.807, 2.05) is 0 Å². The van der Waals surface area contributed by atoms with Crippen LogP contribution in [0.2, 0.25) is 19.6 Å². The van der Waals surface area contributed by atoms with Crippen molar-refractivity contribution in [2.24, 2.45) is 0 Å². The Morgan fingerprint density at radius 1 is 1.31 bits per heavy atom. The van der Waals surface area contributed by atoms with Crippen molar-refractivity contribution < 1.29 is 4.74 Å². The minimum Gasteiger partial charge on any atom is -0.382 e. The van der Waals surface area contributed by atoms with Gasteiger partial charge in [0.1, 0.15) is 0 Å². The molecule has 13 heavy (non-hydrogen) atoms. The first-order valence-electron chi connectivity index (χ1n) is 5.40. The van der Waals surface area contributed by atoms with Gasteiger partial charge in [-0.05, 0) is 19.3 Å². The summed E-state index contributed by atoms with van der Waals surface area (Å²) in [6.07, 6.45) is 3.95. The first-order chi connectivity index (χ1) is 6.13. The van der Waals surface area contributed by atoms with Gasteiger partial charge >= 0.3 is 0 Å².